The third-order valence-electron chi connectivity index (χ3n) is 2.18. The average molecular weight is 200 g/mol. The van der Waals surface area contributed by atoms with Gasteiger partial charge in [0, 0.05) is 6.61 Å². The molecule has 0 bridgehead atoms. The van der Waals surface area contributed by atoms with Crippen molar-refractivity contribution in [2.75, 3.05) is 6.61 Å². The van der Waals surface area contributed by atoms with Gasteiger partial charge in [0.25, 0.3) is 0 Å². The highest BCUT2D eigenvalue weighted by atomic mass is 19.2. The van der Waals surface area contributed by atoms with Gasteiger partial charge in [-0.3, -0.25) is 0 Å². The molecule has 0 unspecified atom stereocenters. The van der Waals surface area contributed by atoms with Crippen molar-refractivity contribution in [3.05, 3.63) is 34.9 Å². The summed E-state index contributed by atoms with van der Waals surface area (Å²) < 4.78 is 26.2. The summed E-state index contributed by atoms with van der Waals surface area (Å²) in [5.41, 5.74) is 1.15. The van der Waals surface area contributed by atoms with Gasteiger partial charge < -0.3 is 5.11 Å². The summed E-state index contributed by atoms with van der Waals surface area (Å²) in [4.78, 5) is 0. The van der Waals surface area contributed by atoms with Crippen molar-refractivity contribution in [3.63, 3.8) is 0 Å². The van der Waals surface area contributed by atoms with Gasteiger partial charge in [-0.25, -0.2) is 8.78 Å². The van der Waals surface area contributed by atoms with E-state index in [1.54, 1.807) is 6.07 Å². The lowest BCUT2D eigenvalue weighted by Gasteiger charge is -2.05. The molecule has 0 aliphatic rings. The van der Waals surface area contributed by atoms with E-state index in [0.717, 1.165) is 5.56 Å². The van der Waals surface area contributed by atoms with Crippen molar-refractivity contribution in [1.29, 1.82) is 0 Å². The molecule has 1 aromatic rings. The fourth-order valence-electron chi connectivity index (χ4n) is 1.36. The van der Waals surface area contributed by atoms with Crippen molar-refractivity contribution in [1.82, 2.24) is 0 Å². The molecule has 1 aromatic carbocycles. The van der Waals surface area contributed by atoms with Gasteiger partial charge in [0.2, 0.25) is 0 Å². The number of aliphatic hydroxyl groups excluding tert-OH is 1. The molecule has 1 rings (SSSR count). The van der Waals surface area contributed by atoms with Crippen LogP contribution in [0.1, 0.15) is 24.5 Å². The Labute approximate surface area is 82.4 Å². The molecule has 0 saturated heterocycles. The third kappa shape index (κ3) is 2.51. The Kier molecular flexibility index (Phi) is 4.01. The maximum atomic E-state index is 13.2. The van der Waals surface area contributed by atoms with Crippen LogP contribution in [0.25, 0.3) is 0 Å². The zero-order chi connectivity index (χ0) is 10.6. The van der Waals surface area contributed by atoms with Crippen LogP contribution in [0.3, 0.4) is 0 Å². The summed E-state index contributed by atoms with van der Waals surface area (Å²) in [5.74, 6) is -1.58. The number of aliphatic hydroxyl groups is 1. The number of hydrogen-bond donors (Lipinski definition) is 1. The monoisotopic (exact) mass is 200 g/mol. The Morgan fingerprint density at radius 3 is 2.57 bits per heavy atom. The first-order chi connectivity index (χ1) is 6.69. The summed E-state index contributed by atoms with van der Waals surface area (Å²) in [6.45, 7) is 1.89. The summed E-state index contributed by atoms with van der Waals surface area (Å²) in [6.07, 6.45) is 1.53. The molecule has 0 amide bonds. The predicted octanol–water partition coefficient (Wildman–Crippen LogP) is 2.45. The Morgan fingerprint density at radius 2 is 2.00 bits per heavy atom. The smallest absolute Gasteiger partial charge is 0.162 e. The minimum Gasteiger partial charge on any atom is -0.396 e. The molecule has 0 aliphatic heterocycles. The second-order valence-electron chi connectivity index (χ2n) is 3.23. The van der Waals surface area contributed by atoms with E-state index < -0.39 is 11.6 Å². The molecule has 0 radical (unpaired) electrons. The lowest BCUT2D eigenvalue weighted by Crippen LogP contribution is -1.99. The summed E-state index contributed by atoms with van der Waals surface area (Å²) in [7, 11) is 0. The molecule has 3 heteroatoms. The molecule has 0 fully saturated rings. The largest absolute Gasteiger partial charge is 0.396 e. The SMILES string of the molecule is CCc1cc(F)c(F)c(CCCO)c1. The lowest BCUT2D eigenvalue weighted by atomic mass is 10.0. The molecule has 0 aliphatic carbocycles. The fourth-order valence-corrected chi connectivity index (χ4v) is 1.36. The van der Waals surface area contributed by atoms with Crippen LogP contribution in [0.2, 0.25) is 0 Å². The highest BCUT2D eigenvalue weighted by Crippen LogP contribution is 2.16. The molecule has 0 aromatic heterocycles. The highest BCUT2D eigenvalue weighted by Gasteiger charge is 2.09. The van der Waals surface area contributed by atoms with E-state index in [4.69, 9.17) is 5.11 Å². The van der Waals surface area contributed by atoms with Crippen molar-refractivity contribution in [3.8, 4) is 0 Å². The molecular formula is C11H14F2O. The maximum absolute atomic E-state index is 13.2. The molecule has 1 N–H and O–H groups in total. The second-order valence-corrected chi connectivity index (χ2v) is 3.23. The highest BCUT2D eigenvalue weighted by molar-refractivity contribution is 5.26. The van der Waals surface area contributed by atoms with Crippen LogP contribution in [-0.4, -0.2) is 11.7 Å². The van der Waals surface area contributed by atoms with E-state index in [2.05, 4.69) is 0 Å². The van der Waals surface area contributed by atoms with Crippen LogP contribution in [-0.2, 0) is 12.8 Å². The second kappa shape index (κ2) is 5.05. The molecule has 78 valence electrons. The molecular weight excluding hydrogens is 186 g/mol. The van der Waals surface area contributed by atoms with E-state index in [1.165, 1.54) is 6.07 Å². The molecule has 0 spiro atoms. The molecule has 1 nitrogen and oxygen atoms in total. The minimum atomic E-state index is -0.794. The van der Waals surface area contributed by atoms with Gasteiger partial charge in [-0.1, -0.05) is 13.0 Å². The van der Waals surface area contributed by atoms with Crippen LogP contribution in [0, 0.1) is 11.6 Å². The molecule has 0 atom stereocenters. The maximum Gasteiger partial charge on any atom is 0.162 e. The first kappa shape index (κ1) is 11.1. The zero-order valence-corrected chi connectivity index (χ0v) is 8.19. The van der Waals surface area contributed by atoms with Crippen LogP contribution in [0.4, 0.5) is 8.78 Å². The Morgan fingerprint density at radius 1 is 1.29 bits per heavy atom. The van der Waals surface area contributed by atoms with Crippen molar-refractivity contribution in [2.24, 2.45) is 0 Å². The Bertz CT molecular complexity index is 310. The van der Waals surface area contributed by atoms with Gasteiger partial charge in [0.05, 0.1) is 0 Å². The van der Waals surface area contributed by atoms with Crippen LogP contribution >= 0.6 is 0 Å². The van der Waals surface area contributed by atoms with Gasteiger partial charge in [0.15, 0.2) is 11.6 Å². The fraction of sp³-hybridized carbons (Fsp3) is 0.455. The van der Waals surface area contributed by atoms with Gasteiger partial charge in [-0.2, -0.15) is 0 Å². The van der Waals surface area contributed by atoms with Crippen molar-refractivity contribution < 1.29 is 13.9 Å². The van der Waals surface area contributed by atoms with E-state index in [1.807, 2.05) is 6.92 Å². The number of hydrogen-bond acceptors (Lipinski definition) is 1. The molecule has 14 heavy (non-hydrogen) atoms. The van der Waals surface area contributed by atoms with Gasteiger partial charge in [-0.15, -0.1) is 0 Å². The molecule has 0 heterocycles. The van der Waals surface area contributed by atoms with E-state index in [9.17, 15) is 8.78 Å². The number of rotatable bonds is 4. The zero-order valence-electron chi connectivity index (χ0n) is 8.19. The number of aryl methyl sites for hydroxylation is 2. The van der Waals surface area contributed by atoms with Crippen LogP contribution in [0.5, 0.6) is 0 Å². The van der Waals surface area contributed by atoms with Gasteiger partial charge >= 0.3 is 0 Å². The topological polar surface area (TPSA) is 20.2 Å². The van der Waals surface area contributed by atoms with Crippen LogP contribution in [0.15, 0.2) is 12.1 Å². The van der Waals surface area contributed by atoms with Gasteiger partial charge in [-0.05, 0) is 36.5 Å². The quantitative estimate of drug-likeness (QED) is 0.791. The van der Waals surface area contributed by atoms with E-state index >= 15 is 0 Å². The van der Waals surface area contributed by atoms with Crippen molar-refractivity contribution >= 4 is 0 Å². The first-order valence-corrected chi connectivity index (χ1v) is 4.76. The van der Waals surface area contributed by atoms with E-state index in [0.29, 0.717) is 24.8 Å². The Hall–Kier alpha value is -0.960. The average Bonchev–Trinajstić information content (AvgIpc) is 2.20. The normalized spacial score (nSPS) is 10.6. The Balaban J connectivity index is 2.95. The number of benzene rings is 1. The van der Waals surface area contributed by atoms with Gasteiger partial charge in [0.1, 0.15) is 0 Å². The minimum absolute atomic E-state index is 0.00257. The molecule has 0 saturated carbocycles. The summed E-state index contributed by atoms with van der Waals surface area (Å²) in [6, 6.07) is 2.88. The summed E-state index contributed by atoms with van der Waals surface area (Å²) >= 11 is 0. The predicted molar refractivity (Wildman–Crippen MR) is 51.1 cm³/mol. The third-order valence-corrected chi connectivity index (χ3v) is 2.18. The summed E-state index contributed by atoms with van der Waals surface area (Å²) in [5, 5.41) is 8.60. The first-order valence-electron chi connectivity index (χ1n) is 4.76. The standard InChI is InChI=1S/C11H14F2O/c1-2-8-6-9(4-3-5-14)11(13)10(12)7-8/h6-7,14H,2-5H2,1H3. The number of halogens is 2. The lowest BCUT2D eigenvalue weighted by molar-refractivity contribution is 0.287. The van der Waals surface area contributed by atoms with E-state index in [-0.39, 0.29) is 6.61 Å². The van der Waals surface area contributed by atoms with Crippen LogP contribution < -0.4 is 0 Å². The van der Waals surface area contributed by atoms with Crippen molar-refractivity contribution in [2.45, 2.75) is 26.2 Å².